The average molecular weight is 234 g/mol. The first-order valence-electron chi connectivity index (χ1n) is 5.57. The fourth-order valence-electron chi connectivity index (χ4n) is 1.77. The van der Waals surface area contributed by atoms with Crippen molar-refractivity contribution in [1.82, 2.24) is 4.90 Å². The highest BCUT2D eigenvalue weighted by Crippen LogP contribution is 2.22. The highest BCUT2D eigenvalue weighted by atomic mass is 35.5. The van der Waals surface area contributed by atoms with Crippen LogP contribution in [0.2, 0.25) is 5.02 Å². The Balaban J connectivity index is 2.17. The van der Waals surface area contributed by atoms with Gasteiger partial charge in [-0.25, -0.2) is 0 Å². The van der Waals surface area contributed by atoms with E-state index in [2.05, 4.69) is 43.2 Å². The van der Waals surface area contributed by atoms with Gasteiger partial charge in [-0.3, -0.25) is 0 Å². The average Bonchev–Trinajstić information content (AvgIpc) is 2.29. The van der Waals surface area contributed by atoms with Crippen LogP contribution < -0.4 is 0 Å². The summed E-state index contributed by atoms with van der Waals surface area (Å²) < 4.78 is 0. The fraction of sp³-hybridized carbons (Fsp3) is 0.286. The Bertz CT molecular complexity index is 432. The second-order valence-corrected chi connectivity index (χ2v) is 4.71. The Morgan fingerprint density at radius 1 is 1.31 bits per heavy atom. The summed E-state index contributed by atoms with van der Waals surface area (Å²) in [6, 6.07) is 8.53. The van der Waals surface area contributed by atoms with Gasteiger partial charge in [0.25, 0.3) is 0 Å². The summed E-state index contributed by atoms with van der Waals surface area (Å²) in [4.78, 5) is 2.30. The molecule has 84 valence electrons. The minimum absolute atomic E-state index is 0.549. The molecule has 0 aromatic heterocycles. The van der Waals surface area contributed by atoms with Gasteiger partial charge >= 0.3 is 0 Å². The van der Waals surface area contributed by atoms with Gasteiger partial charge in [-0.05, 0) is 43.2 Å². The van der Waals surface area contributed by atoms with E-state index in [0.29, 0.717) is 6.04 Å². The minimum atomic E-state index is 0.549. The Labute approximate surface area is 102 Å². The Morgan fingerprint density at radius 3 is 2.69 bits per heavy atom. The van der Waals surface area contributed by atoms with Crippen molar-refractivity contribution in [3.8, 4) is 0 Å². The molecule has 1 heterocycles. The molecule has 0 radical (unpaired) electrons. The summed E-state index contributed by atoms with van der Waals surface area (Å²) in [7, 11) is 0. The number of benzene rings is 1. The maximum Gasteiger partial charge on any atom is 0.0412 e. The van der Waals surface area contributed by atoms with E-state index in [0.717, 1.165) is 11.6 Å². The number of halogens is 1. The Hall–Kier alpha value is -1.21. The molecule has 0 unspecified atom stereocenters. The smallest absolute Gasteiger partial charge is 0.0412 e. The molecule has 16 heavy (non-hydrogen) atoms. The van der Waals surface area contributed by atoms with E-state index in [1.807, 2.05) is 18.2 Å². The molecule has 0 saturated carbocycles. The van der Waals surface area contributed by atoms with Gasteiger partial charge in [0.15, 0.2) is 0 Å². The summed E-state index contributed by atoms with van der Waals surface area (Å²) >= 11 is 5.98. The fourth-order valence-corrected chi connectivity index (χ4v) is 1.96. The Kier molecular flexibility index (Phi) is 3.35. The SMILES string of the molecule is CC(C)N1C=CC(c2cccc(Cl)c2)=CC1. The summed E-state index contributed by atoms with van der Waals surface area (Å²) in [6.07, 6.45) is 6.54. The van der Waals surface area contributed by atoms with Crippen molar-refractivity contribution >= 4 is 17.2 Å². The zero-order valence-corrected chi connectivity index (χ0v) is 10.4. The summed E-state index contributed by atoms with van der Waals surface area (Å²) in [5.74, 6) is 0. The van der Waals surface area contributed by atoms with Crippen LogP contribution in [0.3, 0.4) is 0 Å². The van der Waals surface area contributed by atoms with Crippen molar-refractivity contribution in [2.24, 2.45) is 0 Å². The number of allylic oxidation sites excluding steroid dienone is 2. The van der Waals surface area contributed by atoms with Crippen LogP contribution in [0.4, 0.5) is 0 Å². The second kappa shape index (κ2) is 4.75. The maximum absolute atomic E-state index is 5.98. The molecular formula is C14H16ClN. The van der Waals surface area contributed by atoms with Crippen molar-refractivity contribution in [1.29, 1.82) is 0 Å². The van der Waals surface area contributed by atoms with Crippen molar-refractivity contribution in [3.63, 3.8) is 0 Å². The molecule has 2 heteroatoms. The van der Waals surface area contributed by atoms with Crippen LogP contribution in [0.1, 0.15) is 19.4 Å². The topological polar surface area (TPSA) is 3.24 Å². The van der Waals surface area contributed by atoms with Gasteiger partial charge in [0, 0.05) is 23.8 Å². The van der Waals surface area contributed by atoms with Gasteiger partial charge in [-0.1, -0.05) is 29.8 Å². The van der Waals surface area contributed by atoms with Crippen LogP contribution in [0.15, 0.2) is 42.6 Å². The molecule has 0 amide bonds. The quantitative estimate of drug-likeness (QED) is 0.748. The van der Waals surface area contributed by atoms with Crippen LogP contribution >= 0.6 is 11.6 Å². The second-order valence-electron chi connectivity index (χ2n) is 4.28. The zero-order valence-electron chi connectivity index (χ0n) is 9.65. The van der Waals surface area contributed by atoms with Gasteiger partial charge in [-0.15, -0.1) is 0 Å². The highest BCUT2D eigenvalue weighted by molar-refractivity contribution is 6.30. The van der Waals surface area contributed by atoms with E-state index in [1.165, 1.54) is 11.1 Å². The molecule has 0 saturated heterocycles. The molecule has 0 N–H and O–H groups in total. The number of rotatable bonds is 2. The molecule has 1 aromatic carbocycles. The van der Waals surface area contributed by atoms with Crippen LogP contribution in [-0.4, -0.2) is 17.5 Å². The monoisotopic (exact) mass is 233 g/mol. The summed E-state index contributed by atoms with van der Waals surface area (Å²) in [5.41, 5.74) is 2.44. The van der Waals surface area contributed by atoms with Gasteiger partial charge < -0.3 is 4.90 Å². The first-order chi connectivity index (χ1) is 7.66. The molecule has 1 nitrogen and oxygen atoms in total. The van der Waals surface area contributed by atoms with Crippen LogP contribution in [0, 0.1) is 0 Å². The lowest BCUT2D eigenvalue weighted by Gasteiger charge is -2.26. The number of nitrogens with zero attached hydrogens (tertiary/aromatic N) is 1. The van der Waals surface area contributed by atoms with Gasteiger partial charge in [-0.2, -0.15) is 0 Å². The van der Waals surface area contributed by atoms with Crippen LogP contribution in [0.25, 0.3) is 5.57 Å². The van der Waals surface area contributed by atoms with Gasteiger partial charge in [0.05, 0.1) is 0 Å². The maximum atomic E-state index is 5.98. The van der Waals surface area contributed by atoms with E-state index in [4.69, 9.17) is 11.6 Å². The molecule has 1 aliphatic heterocycles. The molecule has 0 atom stereocenters. The lowest BCUT2D eigenvalue weighted by Crippen LogP contribution is -2.26. The van der Waals surface area contributed by atoms with Crippen LogP contribution in [-0.2, 0) is 0 Å². The molecule has 0 aliphatic carbocycles. The van der Waals surface area contributed by atoms with E-state index in [-0.39, 0.29) is 0 Å². The molecule has 0 fully saturated rings. The third kappa shape index (κ3) is 2.48. The molecular weight excluding hydrogens is 218 g/mol. The molecule has 2 rings (SSSR count). The molecule has 1 aromatic rings. The standard InChI is InChI=1S/C14H16ClN/c1-11(2)16-8-6-12(7-9-16)13-4-3-5-14(15)10-13/h3-8,10-11H,9H2,1-2H3. The summed E-state index contributed by atoms with van der Waals surface area (Å²) in [5, 5.41) is 0.790. The van der Waals surface area contributed by atoms with E-state index in [1.54, 1.807) is 0 Å². The lowest BCUT2D eigenvalue weighted by atomic mass is 10.0. The minimum Gasteiger partial charge on any atom is -0.371 e. The molecule has 1 aliphatic rings. The van der Waals surface area contributed by atoms with E-state index in [9.17, 15) is 0 Å². The van der Waals surface area contributed by atoms with E-state index < -0.39 is 0 Å². The van der Waals surface area contributed by atoms with Gasteiger partial charge in [0.2, 0.25) is 0 Å². The van der Waals surface area contributed by atoms with Crippen molar-refractivity contribution in [3.05, 3.63) is 53.2 Å². The van der Waals surface area contributed by atoms with Crippen molar-refractivity contribution < 1.29 is 0 Å². The Morgan fingerprint density at radius 2 is 2.12 bits per heavy atom. The van der Waals surface area contributed by atoms with Gasteiger partial charge in [0.1, 0.15) is 0 Å². The normalized spacial score (nSPS) is 15.5. The molecule has 0 spiro atoms. The van der Waals surface area contributed by atoms with E-state index >= 15 is 0 Å². The highest BCUT2D eigenvalue weighted by Gasteiger charge is 2.08. The lowest BCUT2D eigenvalue weighted by molar-refractivity contribution is 0.340. The first kappa shape index (κ1) is 11.3. The largest absolute Gasteiger partial charge is 0.371 e. The predicted molar refractivity (Wildman–Crippen MR) is 70.4 cm³/mol. The zero-order chi connectivity index (χ0) is 11.5. The first-order valence-corrected chi connectivity index (χ1v) is 5.94. The van der Waals surface area contributed by atoms with Crippen molar-refractivity contribution in [2.45, 2.75) is 19.9 Å². The number of hydrogen-bond donors (Lipinski definition) is 0. The predicted octanol–water partition coefficient (Wildman–Crippen LogP) is 3.96. The summed E-state index contributed by atoms with van der Waals surface area (Å²) in [6.45, 7) is 5.36. The van der Waals surface area contributed by atoms with Crippen molar-refractivity contribution in [2.75, 3.05) is 6.54 Å². The third-order valence-electron chi connectivity index (χ3n) is 2.79. The molecule has 0 bridgehead atoms. The number of hydrogen-bond acceptors (Lipinski definition) is 1. The third-order valence-corrected chi connectivity index (χ3v) is 3.02. The van der Waals surface area contributed by atoms with Crippen LogP contribution in [0.5, 0.6) is 0 Å².